The van der Waals surface area contributed by atoms with E-state index in [4.69, 9.17) is 5.73 Å². The summed E-state index contributed by atoms with van der Waals surface area (Å²) in [5.74, 6) is 4.59. The van der Waals surface area contributed by atoms with E-state index in [0.717, 1.165) is 34.9 Å². The smallest absolute Gasteiger partial charge is 0.228 e. The molecule has 1 heterocycles. The van der Waals surface area contributed by atoms with Gasteiger partial charge in [0, 0.05) is 11.7 Å². The highest BCUT2D eigenvalue weighted by Gasteiger charge is 2.66. The summed E-state index contributed by atoms with van der Waals surface area (Å²) in [7, 11) is 0. The summed E-state index contributed by atoms with van der Waals surface area (Å²) in [6, 6.07) is 6.48. The molecule has 5 unspecified atom stereocenters. The first kappa shape index (κ1) is 11.3. The van der Waals surface area contributed by atoms with E-state index in [1.54, 1.807) is 0 Å². The van der Waals surface area contributed by atoms with Crippen molar-refractivity contribution in [3.05, 3.63) is 29.3 Å². The second kappa shape index (κ2) is 3.64. The van der Waals surface area contributed by atoms with Gasteiger partial charge >= 0.3 is 0 Å². The van der Waals surface area contributed by atoms with E-state index in [1.165, 1.54) is 24.8 Å². The molecule has 2 bridgehead atoms. The fraction of sp³-hybridized carbons (Fsp3) is 0.588. The van der Waals surface area contributed by atoms with E-state index in [-0.39, 0.29) is 11.9 Å². The average molecular weight is 268 g/mol. The molecule has 3 aliphatic carbocycles. The number of carbonyl (C=O) groups is 1. The predicted octanol–water partition coefficient (Wildman–Crippen LogP) is 2.47. The number of carbonyl (C=O) groups excluding carboxylic acids is 1. The lowest BCUT2D eigenvalue weighted by molar-refractivity contribution is -0.115. The lowest BCUT2D eigenvalue weighted by atomic mass is 9.92. The molecule has 20 heavy (non-hydrogen) atoms. The fourth-order valence-corrected chi connectivity index (χ4v) is 5.55. The number of amides is 1. The van der Waals surface area contributed by atoms with Crippen LogP contribution in [0.2, 0.25) is 0 Å². The standard InChI is InChI=1S/C17H20N2O/c18-17(16-14-8-1-2-9(5-8)15(14)16)10-3-4-12-11(6-10)7-13(20)19-12/h3-4,6,8-9,14-17H,1-2,5,7,18H2,(H,19,20). The van der Waals surface area contributed by atoms with Gasteiger partial charge in [-0.1, -0.05) is 12.1 Å². The normalized spacial score (nSPS) is 41.2. The van der Waals surface area contributed by atoms with Crippen molar-refractivity contribution in [1.82, 2.24) is 0 Å². The number of anilines is 1. The third-order valence-electron chi connectivity index (χ3n) is 6.35. The molecule has 104 valence electrons. The fourth-order valence-electron chi connectivity index (χ4n) is 5.55. The minimum atomic E-state index is 0.104. The Morgan fingerprint density at radius 2 is 1.95 bits per heavy atom. The molecule has 5 atom stereocenters. The Balaban J connectivity index is 1.42. The largest absolute Gasteiger partial charge is 0.326 e. The molecule has 0 saturated heterocycles. The van der Waals surface area contributed by atoms with Crippen molar-refractivity contribution < 1.29 is 4.79 Å². The van der Waals surface area contributed by atoms with E-state index < -0.39 is 0 Å². The van der Waals surface area contributed by atoms with Gasteiger partial charge in [-0.05, 0) is 66.0 Å². The van der Waals surface area contributed by atoms with Crippen molar-refractivity contribution in [2.75, 3.05) is 5.32 Å². The molecule has 3 N–H and O–H groups in total. The van der Waals surface area contributed by atoms with Crippen LogP contribution in [0, 0.1) is 29.6 Å². The quantitative estimate of drug-likeness (QED) is 0.865. The maximum atomic E-state index is 11.4. The van der Waals surface area contributed by atoms with E-state index in [2.05, 4.69) is 17.4 Å². The van der Waals surface area contributed by atoms with Crippen LogP contribution in [-0.2, 0) is 11.2 Å². The van der Waals surface area contributed by atoms with Crippen LogP contribution in [0.5, 0.6) is 0 Å². The average Bonchev–Trinajstić information content (AvgIpc) is 2.76. The third-order valence-corrected chi connectivity index (χ3v) is 6.35. The number of nitrogens with two attached hydrogens (primary N) is 1. The highest BCUT2D eigenvalue weighted by molar-refractivity contribution is 5.99. The molecule has 0 spiro atoms. The second-order valence-corrected chi connectivity index (χ2v) is 7.23. The number of hydrogen-bond donors (Lipinski definition) is 2. The topological polar surface area (TPSA) is 55.1 Å². The van der Waals surface area contributed by atoms with Gasteiger partial charge in [0.2, 0.25) is 5.91 Å². The predicted molar refractivity (Wildman–Crippen MR) is 77.0 cm³/mol. The Kier molecular flexibility index (Phi) is 2.06. The third kappa shape index (κ3) is 1.37. The van der Waals surface area contributed by atoms with Crippen molar-refractivity contribution in [2.45, 2.75) is 31.7 Å². The minimum Gasteiger partial charge on any atom is -0.326 e. The van der Waals surface area contributed by atoms with Crippen LogP contribution in [-0.4, -0.2) is 5.91 Å². The van der Waals surface area contributed by atoms with Gasteiger partial charge in [0.15, 0.2) is 0 Å². The van der Waals surface area contributed by atoms with Gasteiger partial charge in [0.1, 0.15) is 0 Å². The molecule has 4 aliphatic rings. The monoisotopic (exact) mass is 268 g/mol. The van der Waals surface area contributed by atoms with Crippen molar-refractivity contribution in [1.29, 1.82) is 0 Å². The lowest BCUT2D eigenvalue weighted by Crippen LogP contribution is -2.17. The van der Waals surface area contributed by atoms with Gasteiger partial charge in [-0.15, -0.1) is 0 Å². The summed E-state index contributed by atoms with van der Waals surface area (Å²) in [5.41, 5.74) is 9.90. The van der Waals surface area contributed by atoms with Crippen molar-refractivity contribution >= 4 is 11.6 Å². The number of benzene rings is 1. The molecule has 1 aromatic carbocycles. The Morgan fingerprint density at radius 3 is 2.70 bits per heavy atom. The summed E-state index contributed by atoms with van der Waals surface area (Å²) >= 11 is 0. The van der Waals surface area contributed by atoms with Crippen LogP contribution in [0.1, 0.15) is 36.4 Å². The number of hydrogen-bond acceptors (Lipinski definition) is 2. The van der Waals surface area contributed by atoms with Crippen LogP contribution in [0.4, 0.5) is 5.69 Å². The highest BCUT2D eigenvalue weighted by Crippen LogP contribution is 2.71. The summed E-state index contributed by atoms with van der Waals surface area (Å²) in [4.78, 5) is 11.4. The van der Waals surface area contributed by atoms with E-state index >= 15 is 0 Å². The lowest BCUT2D eigenvalue weighted by Gasteiger charge is -2.17. The molecule has 0 aromatic heterocycles. The zero-order valence-corrected chi connectivity index (χ0v) is 11.5. The summed E-state index contributed by atoms with van der Waals surface area (Å²) in [6.07, 6.45) is 4.87. The number of nitrogens with one attached hydrogen (secondary N) is 1. The first-order valence-corrected chi connectivity index (χ1v) is 7.90. The molecule has 0 radical (unpaired) electrons. The maximum absolute atomic E-state index is 11.4. The van der Waals surface area contributed by atoms with E-state index in [0.29, 0.717) is 12.3 Å². The summed E-state index contributed by atoms with van der Waals surface area (Å²) < 4.78 is 0. The maximum Gasteiger partial charge on any atom is 0.228 e. The molecular weight excluding hydrogens is 248 g/mol. The number of fused-ring (bicyclic) bond motifs is 6. The molecule has 3 heteroatoms. The Morgan fingerprint density at radius 1 is 1.20 bits per heavy atom. The molecule has 1 amide bonds. The van der Waals surface area contributed by atoms with Crippen LogP contribution in [0.25, 0.3) is 0 Å². The van der Waals surface area contributed by atoms with Crippen molar-refractivity contribution in [3.63, 3.8) is 0 Å². The van der Waals surface area contributed by atoms with Crippen molar-refractivity contribution in [2.24, 2.45) is 35.3 Å². The van der Waals surface area contributed by atoms with Gasteiger partial charge in [-0.2, -0.15) is 0 Å². The van der Waals surface area contributed by atoms with Gasteiger partial charge < -0.3 is 11.1 Å². The second-order valence-electron chi connectivity index (χ2n) is 7.23. The summed E-state index contributed by atoms with van der Waals surface area (Å²) in [6.45, 7) is 0. The van der Waals surface area contributed by atoms with Crippen LogP contribution in [0.3, 0.4) is 0 Å². The van der Waals surface area contributed by atoms with Gasteiger partial charge in [0.25, 0.3) is 0 Å². The molecule has 1 aliphatic heterocycles. The Hall–Kier alpha value is -1.35. The SMILES string of the molecule is NC(c1ccc2c(c1)CC(=O)N2)C1C2C3CCC(C3)C21. The number of rotatable bonds is 2. The van der Waals surface area contributed by atoms with Crippen LogP contribution < -0.4 is 11.1 Å². The zero-order chi connectivity index (χ0) is 13.4. The summed E-state index contributed by atoms with van der Waals surface area (Å²) in [5, 5.41) is 2.89. The van der Waals surface area contributed by atoms with Crippen molar-refractivity contribution in [3.8, 4) is 0 Å². The Labute approximate surface area is 118 Å². The van der Waals surface area contributed by atoms with E-state index in [1.807, 2.05) is 6.07 Å². The van der Waals surface area contributed by atoms with Crippen LogP contribution >= 0.6 is 0 Å². The molecular formula is C17H20N2O. The highest BCUT2D eigenvalue weighted by atomic mass is 16.1. The first-order valence-electron chi connectivity index (χ1n) is 7.90. The van der Waals surface area contributed by atoms with Gasteiger partial charge in [-0.25, -0.2) is 0 Å². The molecule has 3 saturated carbocycles. The first-order chi connectivity index (χ1) is 9.72. The zero-order valence-electron chi connectivity index (χ0n) is 11.5. The van der Waals surface area contributed by atoms with E-state index in [9.17, 15) is 4.79 Å². The molecule has 1 aromatic rings. The van der Waals surface area contributed by atoms with Gasteiger partial charge in [0.05, 0.1) is 6.42 Å². The minimum absolute atomic E-state index is 0.104. The van der Waals surface area contributed by atoms with Crippen LogP contribution in [0.15, 0.2) is 18.2 Å². The Bertz CT molecular complexity index is 595. The molecule has 5 rings (SSSR count). The molecule has 3 fully saturated rings. The molecule has 3 nitrogen and oxygen atoms in total. The van der Waals surface area contributed by atoms with Gasteiger partial charge in [-0.3, -0.25) is 4.79 Å².